The number of pyridine rings is 1. The van der Waals surface area contributed by atoms with Gasteiger partial charge >= 0.3 is 0 Å². The second kappa shape index (κ2) is 9.19. The summed E-state index contributed by atoms with van der Waals surface area (Å²) in [5.74, 6) is 0.162. The Morgan fingerprint density at radius 3 is 2.73 bits per heavy atom. The molecule has 3 aromatic rings. The summed E-state index contributed by atoms with van der Waals surface area (Å²) in [6.07, 6.45) is 5.19. The first-order chi connectivity index (χ1) is 14.6. The highest BCUT2D eigenvalue weighted by Crippen LogP contribution is 2.35. The molecule has 1 saturated heterocycles. The predicted molar refractivity (Wildman–Crippen MR) is 120 cm³/mol. The van der Waals surface area contributed by atoms with E-state index >= 15 is 0 Å². The Labute approximate surface area is 183 Å². The molecule has 4 nitrogen and oxygen atoms in total. The molecule has 0 radical (unpaired) electrons. The third-order valence-electron chi connectivity index (χ3n) is 4.43. The van der Waals surface area contributed by atoms with Crippen LogP contribution in [-0.4, -0.2) is 20.1 Å². The molecule has 7 heteroatoms. The van der Waals surface area contributed by atoms with Gasteiger partial charge < -0.3 is 4.74 Å². The zero-order valence-electron chi connectivity index (χ0n) is 15.8. The summed E-state index contributed by atoms with van der Waals surface area (Å²) >= 11 is 6.67. The standard InChI is InChI=1S/C23H17FN2O2S2/c24-19-8-3-5-16(11-19)15-28-20-9-2-1-7-18(20)12-21-22(27)26(23(29)30-21)14-17-6-4-10-25-13-17/h1-13H,14-15H2/b21-12-. The Bertz CT molecular complexity index is 1120. The van der Waals surface area contributed by atoms with E-state index in [9.17, 15) is 9.18 Å². The maximum absolute atomic E-state index is 13.4. The molecule has 0 N–H and O–H groups in total. The van der Waals surface area contributed by atoms with Crippen LogP contribution in [0.15, 0.2) is 78.0 Å². The van der Waals surface area contributed by atoms with Crippen molar-refractivity contribution in [2.45, 2.75) is 13.2 Å². The topological polar surface area (TPSA) is 42.4 Å². The van der Waals surface area contributed by atoms with Crippen LogP contribution in [0.3, 0.4) is 0 Å². The van der Waals surface area contributed by atoms with Crippen LogP contribution in [0.2, 0.25) is 0 Å². The first-order valence-electron chi connectivity index (χ1n) is 9.21. The molecule has 2 aromatic carbocycles. The molecule has 0 bridgehead atoms. The third kappa shape index (κ3) is 4.75. The molecule has 1 aliphatic heterocycles. The lowest BCUT2D eigenvalue weighted by Crippen LogP contribution is -2.27. The number of para-hydroxylation sites is 1. The fourth-order valence-corrected chi connectivity index (χ4v) is 4.22. The van der Waals surface area contributed by atoms with Crippen molar-refractivity contribution in [2.24, 2.45) is 0 Å². The van der Waals surface area contributed by atoms with Crippen LogP contribution >= 0.6 is 24.0 Å². The highest BCUT2D eigenvalue weighted by molar-refractivity contribution is 8.26. The predicted octanol–water partition coefficient (Wildman–Crippen LogP) is 5.20. The monoisotopic (exact) mass is 436 g/mol. The van der Waals surface area contributed by atoms with Gasteiger partial charge in [0.1, 0.15) is 22.5 Å². The number of carbonyl (C=O) groups is 1. The summed E-state index contributed by atoms with van der Waals surface area (Å²) in [6.45, 7) is 0.609. The van der Waals surface area contributed by atoms with E-state index in [1.54, 1.807) is 35.5 Å². The smallest absolute Gasteiger partial charge is 0.266 e. The van der Waals surface area contributed by atoms with Crippen LogP contribution in [0.4, 0.5) is 4.39 Å². The van der Waals surface area contributed by atoms with Gasteiger partial charge in [-0.15, -0.1) is 0 Å². The van der Waals surface area contributed by atoms with E-state index in [0.717, 1.165) is 16.7 Å². The van der Waals surface area contributed by atoms with Gasteiger partial charge in [-0.3, -0.25) is 14.7 Å². The number of aromatic nitrogens is 1. The average Bonchev–Trinajstić information content (AvgIpc) is 3.01. The SMILES string of the molecule is O=C1/C(=C/c2ccccc2OCc2cccc(F)c2)SC(=S)N1Cc1cccnc1. The van der Waals surface area contributed by atoms with Gasteiger partial charge in [-0.25, -0.2) is 4.39 Å². The second-order valence-corrected chi connectivity index (χ2v) is 8.26. The number of thioether (sulfide) groups is 1. The lowest BCUT2D eigenvalue weighted by molar-refractivity contribution is -0.122. The zero-order valence-corrected chi connectivity index (χ0v) is 17.5. The van der Waals surface area contributed by atoms with Gasteiger partial charge in [-0.05, 0) is 41.5 Å². The highest BCUT2D eigenvalue weighted by atomic mass is 32.2. The van der Waals surface area contributed by atoms with Crippen LogP contribution in [0.5, 0.6) is 5.75 Å². The van der Waals surface area contributed by atoms with Crippen molar-refractivity contribution in [2.75, 3.05) is 0 Å². The van der Waals surface area contributed by atoms with E-state index in [4.69, 9.17) is 17.0 Å². The molecule has 1 amide bonds. The molecular weight excluding hydrogens is 419 g/mol. The van der Waals surface area contributed by atoms with Crippen molar-refractivity contribution in [1.29, 1.82) is 0 Å². The largest absolute Gasteiger partial charge is 0.488 e. The Morgan fingerprint density at radius 2 is 1.93 bits per heavy atom. The van der Waals surface area contributed by atoms with Gasteiger partial charge in [0.2, 0.25) is 0 Å². The first-order valence-corrected chi connectivity index (χ1v) is 10.4. The normalized spacial score (nSPS) is 15.1. The van der Waals surface area contributed by atoms with Crippen molar-refractivity contribution in [3.8, 4) is 5.75 Å². The van der Waals surface area contributed by atoms with Gasteiger partial charge in [0.25, 0.3) is 5.91 Å². The molecule has 1 aliphatic rings. The number of ether oxygens (including phenoxy) is 1. The molecule has 150 valence electrons. The highest BCUT2D eigenvalue weighted by Gasteiger charge is 2.32. The number of rotatable bonds is 6. The van der Waals surface area contributed by atoms with E-state index in [1.165, 1.54) is 23.9 Å². The van der Waals surface area contributed by atoms with Gasteiger partial charge in [0, 0.05) is 18.0 Å². The summed E-state index contributed by atoms with van der Waals surface area (Å²) in [7, 11) is 0. The van der Waals surface area contributed by atoms with Crippen LogP contribution < -0.4 is 4.74 Å². The number of hydrogen-bond acceptors (Lipinski definition) is 5. The molecule has 0 atom stereocenters. The summed E-state index contributed by atoms with van der Waals surface area (Å²) in [5, 5.41) is 0. The van der Waals surface area contributed by atoms with Crippen LogP contribution in [0.1, 0.15) is 16.7 Å². The van der Waals surface area contributed by atoms with Crippen LogP contribution in [0, 0.1) is 5.82 Å². The molecule has 2 heterocycles. The molecule has 1 aromatic heterocycles. The summed E-state index contributed by atoms with van der Waals surface area (Å²) in [5.41, 5.74) is 2.40. The minimum Gasteiger partial charge on any atom is -0.488 e. The maximum Gasteiger partial charge on any atom is 0.266 e. The fourth-order valence-electron chi connectivity index (χ4n) is 2.97. The van der Waals surface area contributed by atoms with Gasteiger partial charge in [0.15, 0.2) is 0 Å². The fraction of sp³-hybridized carbons (Fsp3) is 0.0870. The zero-order chi connectivity index (χ0) is 20.9. The maximum atomic E-state index is 13.4. The average molecular weight is 437 g/mol. The number of benzene rings is 2. The van der Waals surface area contributed by atoms with E-state index in [1.807, 2.05) is 36.4 Å². The van der Waals surface area contributed by atoms with E-state index in [2.05, 4.69) is 4.98 Å². The Hall–Kier alpha value is -3.03. The Kier molecular flexibility index (Phi) is 6.21. The Balaban J connectivity index is 1.52. The lowest BCUT2D eigenvalue weighted by Gasteiger charge is -2.14. The van der Waals surface area contributed by atoms with Crippen molar-refractivity contribution in [3.05, 3.63) is 100 Å². The number of carbonyl (C=O) groups excluding carboxylic acids is 1. The molecule has 0 saturated carbocycles. The third-order valence-corrected chi connectivity index (χ3v) is 5.80. The molecule has 0 unspecified atom stereocenters. The number of amides is 1. The number of hydrogen-bond donors (Lipinski definition) is 0. The molecule has 0 spiro atoms. The first kappa shape index (κ1) is 20.3. The number of thiocarbonyl (C=S) groups is 1. The molecular formula is C23H17FN2O2S2. The molecule has 0 aliphatic carbocycles. The Morgan fingerprint density at radius 1 is 1.10 bits per heavy atom. The van der Waals surface area contributed by atoms with Crippen molar-refractivity contribution in [1.82, 2.24) is 9.88 Å². The molecule has 30 heavy (non-hydrogen) atoms. The van der Waals surface area contributed by atoms with E-state index in [0.29, 0.717) is 21.5 Å². The quantitative estimate of drug-likeness (QED) is 0.392. The second-order valence-electron chi connectivity index (χ2n) is 6.59. The van der Waals surface area contributed by atoms with Crippen LogP contribution in [0.25, 0.3) is 6.08 Å². The minimum absolute atomic E-state index is 0.145. The lowest BCUT2D eigenvalue weighted by atomic mass is 10.1. The van der Waals surface area contributed by atoms with Crippen LogP contribution in [-0.2, 0) is 17.9 Å². The molecule has 4 rings (SSSR count). The summed E-state index contributed by atoms with van der Waals surface area (Å²) < 4.78 is 19.8. The summed E-state index contributed by atoms with van der Waals surface area (Å²) in [6, 6.07) is 17.4. The van der Waals surface area contributed by atoms with E-state index in [-0.39, 0.29) is 18.3 Å². The van der Waals surface area contributed by atoms with Gasteiger partial charge in [0.05, 0.1) is 11.4 Å². The van der Waals surface area contributed by atoms with Crippen molar-refractivity contribution < 1.29 is 13.9 Å². The van der Waals surface area contributed by atoms with Crippen molar-refractivity contribution >= 4 is 40.3 Å². The summed E-state index contributed by atoms with van der Waals surface area (Å²) in [4.78, 5) is 19.1. The van der Waals surface area contributed by atoms with E-state index < -0.39 is 0 Å². The number of nitrogens with zero attached hydrogens (tertiary/aromatic N) is 2. The number of halogens is 1. The van der Waals surface area contributed by atoms with Crippen molar-refractivity contribution in [3.63, 3.8) is 0 Å². The molecule has 1 fully saturated rings. The minimum atomic E-state index is -0.304. The van der Waals surface area contributed by atoms with Gasteiger partial charge in [-0.2, -0.15) is 0 Å². The van der Waals surface area contributed by atoms with Gasteiger partial charge in [-0.1, -0.05) is 60.4 Å².